The lowest BCUT2D eigenvalue weighted by Crippen LogP contribution is -2.37. The van der Waals surface area contributed by atoms with E-state index in [-0.39, 0.29) is 36.7 Å². The topological polar surface area (TPSA) is 45.7 Å². The molecule has 11 heteroatoms. The largest absolute Gasteiger partial charge is 0.435 e. The lowest BCUT2D eigenvalue weighted by Gasteiger charge is -2.34. The van der Waals surface area contributed by atoms with Gasteiger partial charge in [0.2, 0.25) is 10.9 Å². The Morgan fingerprint density at radius 1 is 1.27 bits per heavy atom. The normalized spacial score (nSPS) is 15.9. The van der Waals surface area contributed by atoms with Crippen molar-refractivity contribution in [2.24, 2.45) is 0 Å². The number of alkyl halides is 3. The maximum absolute atomic E-state index is 14.5. The average molecular weight is 532 g/mol. The van der Waals surface area contributed by atoms with Gasteiger partial charge in [-0.15, -0.1) is 0 Å². The van der Waals surface area contributed by atoms with Crippen LogP contribution in [-0.4, -0.2) is 52.7 Å². The SMILES string of the molecule is [C-]#[N+]c1cc2c(s1)CN(C(=O)/C=C/CN(C)C)CC2c1ccc(F)cc1-c1cn(CC)nc1C(F)(F)F. The average Bonchev–Trinajstić information content (AvgIpc) is 3.47. The number of fused-ring (bicyclic) bond motifs is 1. The van der Waals surface area contributed by atoms with Gasteiger partial charge in [-0.3, -0.25) is 9.48 Å². The Labute approximate surface area is 216 Å². The van der Waals surface area contributed by atoms with Crippen LogP contribution in [0.4, 0.5) is 22.6 Å². The van der Waals surface area contributed by atoms with Crippen LogP contribution in [0.1, 0.15) is 34.5 Å². The summed E-state index contributed by atoms with van der Waals surface area (Å²) < 4.78 is 57.4. The van der Waals surface area contributed by atoms with E-state index in [1.165, 1.54) is 40.4 Å². The number of hydrogen-bond donors (Lipinski definition) is 0. The van der Waals surface area contributed by atoms with Crippen molar-refractivity contribution in [1.29, 1.82) is 0 Å². The molecule has 0 radical (unpaired) electrons. The number of nitrogens with zero attached hydrogens (tertiary/aromatic N) is 5. The molecular weight excluding hydrogens is 506 g/mol. The third kappa shape index (κ3) is 5.60. The molecule has 4 rings (SSSR count). The van der Waals surface area contributed by atoms with Crippen molar-refractivity contribution in [2.45, 2.75) is 32.1 Å². The summed E-state index contributed by atoms with van der Waals surface area (Å²) >= 11 is 1.25. The molecule has 0 fully saturated rings. The molecule has 37 heavy (non-hydrogen) atoms. The van der Waals surface area contributed by atoms with Gasteiger partial charge in [-0.25, -0.2) is 9.24 Å². The van der Waals surface area contributed by atoms with Crippen LogP contribution in [0.25, 0.3) is 16.0 Å². The maximum atomic E-state index is 14.5. The number of carbonyl (C=O) groups excluding carboxylic acids is 1. The van der Waals surface area contributed by atoms with E-state index in [9.17, 15) is 22.4 Å². The molecule has 0 saturated heterocycles. The van der Waals surface area contributed by atoms with Crippen molar-refractivity contribution in [3.05, 3.63) is 81.5 Å². The van der Waals surface area contributed by atoms with Crippen LogP contribution < -0.4 is 0 Å². The van der Waals surface area contributed by atoms with Gasteiger partial charge in [0, 0.05) is 48.3 Å². The molecule has 0 N–H and O–H groups in total. The van der Waals surface area contributed by atoms with Crippen LogP contribution in [0.5, 0.6) is 0 Å². The Morgan fingerprint density at radius 2 is 2.03 bits per heavy atom. The van der Waals surface area contributed by atoms with E-state index in [1.54, 1.807) is 24.0 Å². The Hall–Kier alpha value is -3.49. The Balaban J connectivity index is 1.85. The van der Waals surface area contributed by atoms with Crippen LogP contribution in [0.3, 0.4) is 0 Å². The smallest absolute Gasteiger partial charge is 0.333 e. The first-order valence-electron chi connectivity index (χ1n) is 11.6. The van der Waals surface area contributed by atoms with E-state index in [2.05, 4.69) is 9.94 Å². The van der Waals surface area contributed by atoms with Gasteiger partial charge in [0.1, 0.15) is 5.82 Å². The zero-order valence-electron chi connectivity index (χ0n) is 20.5. The Bertz CT molecular complexity index is 1380. The van der Waals surface area contributed by atoms with Crippen LogP contribution in [0, 0.1) is 12.4 Å². The summed E-state index contributed by atoms with van der Waals surface area (Å²) in [4.78, 5) is 20.8. The van der Waals surface area contributed by atoms with Crippen molar-refractivity contribution < 1.29 is 22.4 Å². The molecule has 1 aromatic carbocycles. The van der Waals surface area contributed by atoms with Crippen molar-refractivity contribution in [2.75, 3.05) is 27.2 Å². The molecule has 1 amide bonds. The van der Waals surface area contributed by atoms with Crippen molar-refractivity contribution in [1.82, 2.24) is 19.6 Å². The number of carbonyl (C=O) groups is 1. The molecule has 3 heterocycles. The lowest BCUT2D eigenvalue weighted by molar-refractivity contribution is -0.141. The van der Waals surface area contributed by atoms with Crippen LogP contribution >= 0.6 is 11.3 Å². The predicted molar refractivity (Wildman–Crippen MR) is 134 cm³/mol. The molecule has 2 aromatic heterocycles. The highest BCUT2D eigenvalue weighted by Gasteiger charge is 2.39. The van der Waals surface area contributed by atoms with Crippen molar-refractivity contribution in [3.8, 4) is 11.1 Å². The zero-order valence-corrected chi connectivity index (χ0v) is 21.3. The fraction of sp³-hybridized carbons (Fsp3) is 0.346. The number of amides is 1. The van der Waals surface area contributed by atoms with Crippen LogP contribution in [0.2, 0.25) is 0 Å². The number of benzene rings is 1. The summed E-state index contributed by atoms with van der Waals surface area (Å²) in [5.41, 5.74) is -0.0465. The van der Waals surface area contributed by atoms with E-state index >= 15 is 0 Å². The summed E-state index contributed by atoms with van der Waals surface area (Å²) in [5, 5.41) is 4.12. The van der Waals surface area contributed by atoms with Crippen LogP contribution in [0.15, 0.2) is 42.6 Å². The molecule has 1 unspecified atom stereocenters. The summed E-state index contributed by atoms with van der Waals surface area (Å²) in [5.74, 6) is -1.48. The monoisotopic (exact) mass is 531 g/mol. The summed E-state index contributed by atoms with van der Waals surface area (Å²) in [7, 11) is 3.75. The molecule has 1 aliphatic rings. The predicted octanol–water partition coefficient (Wildman–Crippen LogP) is 5.93. The highest BCUT2D eigenvalue weighted by molar-refractivity contribution is 7.16. The quantitative estimate of drug-likeness (QED) is 0.225. The number of aromatic nitrogens is 2. The molecule has 6 nitrogen and oxygen atoms in total. The second kappa shape index (κ2) is 10.5. The van der Waals surface area contributed by atoms with Gasteiger partial charge in [-0.05, 0) is 55.9 Å². The summed E-state index contributed by atoms with van der Waals surface area (Å²) in [6.07, 6.45) is -0.250. The number of aryl methyl sites for hydroxylation is 1. The minimum absolute atomic E-state index is 0.0657. The number of halogens is 4. The maximum Gasteiger partial charge on any atom is 0.435 e. The van der Waals surface area contributed by atoms with Gasteiger partial charge in [0.15, 0.2) is 5.69 Å². The molecule has 194 valence electrons. The van der Waals surface area contributed by atoms with Gasteiger partial charge in [-0.1, -0.05) is 12.1 Å². The minimum atomic E-state index is -4.74. The molecule has 3 aromatic rings. The Kier molecular flexibility index (Phi) is 7.52. The van der Waals surface area contributed by atoms with E-state index in [4.69, 9.17) is 6.57 Å². The van der Waals surface area contributed by atoms with E-state index in [0.717, 1.165) is 16.5 Å². The summed E-state index contributed by atoms with van der Waals surface area (Å²) in [6.45, 7) is 10.3. The fourth-order valence-corrected chi connectivity index (χ4v) is 5.44. The zero-order chi connectivity index (χ0) is 26.9. The van der Waals surface area contributed by atoms with Crippen molar-refractivity contribution >= 4 is 22.2 Å². The highest BCUT2D eigenvalue weighted by atomic mass is 32.1. The second-order valence-corrected chi connectivity index (χ2v) is 10.1. The first kappa shape index (κ1) is 26.6. The lowest BCUT2D eigenvalue weighted by atomic mass is 9.83. The number of hydrogen-bond acceptors (Lipinski definition) is 4. The van der Waals surface area contributed by atoms with Gasteiger partial charge < -0.3 is 9.80 Å². The molecule has 1 aliphatic heterocycles. The highest BCUT2D eigenvalue weighted by Crippen LogP contribution is 2.46. The third-order valence-electron chi connectivity index (χ3n) is 6.13. The van der Waals surface area contributed by atoms with Crippen LogP contribution in [-0.2, 0) is 24.1 Å². The number of rotatable bonds is 6. The van der Waals surface area contributed by atoms with Gasteiger partial charge in [0.25, 0.3) is 0 Å². The first-order chi connectivity index (χ1) is 17.5. The Morgan fingerprint density at radius 3 is 2.68 bits per heavy atom. The molecule has 0 aliphatic carbocycles. The van der Waals surface area contributed by atoms with E-state index < -0.39 is 23.6 Å². The molecular formula is C26H25F4N5OS. The molecule has 0 saturated carbocycles. The molecule has 0 bridgehead atoms. The number of likely N-dealkylation sites (N-methyl/N-ethyl adjacent to an activating group) is 1. The number of thiophene rings is 1. The minimum Gasteiger partial charge on any atom is -0.333 e. The second-order valence-electron chi connectivity index (χ2n) is 8.99. The molecule has 0 spiro atoms. The fourth-order valence-electron chi connectivity index (χ4n) is 4.42. The third-order valence-corrected chi connectivity index (χ3v) is 7.16. The van der Waals surface area contributed by atoms with Gasteiger partial charge in [0.05, 0.1) is 13.1 Å². The van der Waals surface area contributed by atoms with Crippen molar-refractivity contribution in [3.63, 3.8) is 0 Å². The summed E-state index contributed by atoms with van der Waals surface area (Å²) in [6, 6.07) is 5.47. The van der Waals surface area contributed by atoms with E-state index in [0.29, 0.717) is 17.1 Å². The van der Waals surface area contributed by atoms with E-state index in [1.807, 2.05) is 19.0 Å². The van der Waals surface area contributed by atoms with Gasteiger partial charge in [-0.2, -0.15) is 29.6 Å². The van der Waals surface area contributed by atoms with Gasteiger partial charge >= 0.3 is 6.18 Å². The first-order valence-corrected chi connectivity index (χ1v) is 12.4. The standard InChI is InChI=1S/C26H25F4N5OS/c1-5-35-14-21(25(32-35)26(28,29)30)18-11-16(27)8-9-17(18)20-13-34(24(36)7-6-10-33(3)4)15-22-19(20)12-23(31-2)37-22/h6-9,11-12,14,20H,5,10,13,15H2,1,3-4H3/b7-6+. The molecule has 1 atom stereocenters.